The summed E-state index contributed by atoms with van der Waals surface area (Å²) in [6, 6.07) is 5.46. The monoisotopic (exact) mass is 476 g/mol. The Balaban J connectivity index is 1.35. The molecule has 0 spiro atoms. The number of alkyl halides is 1. The first-order valence-electron chi connectivity index (χ1n) is 12.6. The van der Waals surface area contributed by atoms with Gasteiger partial charge in [0.2, 0.25) is 0 Å². The number of methoxy groups -OCH3 is 1. The van der Waals surface area contributed by atoms with Crippen LogP contribution in [0.2, 0.25) is 5.02 Å². The Hall–Kier alpha value is -1.43. The predicted molar refractivity (Wildman–Crippen MR) is 133 cm³/mol. The Labute approximate surface area is 202 Å². The molecule has 1 aliphatic heterocycles. The number of nitrogens with zero attached hydrogens (tertiary/aromatic N) is 2. The van der Waals surface area contributed by atoms with Gasteiger partial charge in [0.05, 0.1) is 17.6 Å². The van der Waals surface area contributed by atoms with Crippen molar-refractivity contribution in [3.8, 4) is 5.75 Å². The molecular weight excluding hydrogens is 439 g/mol. The molecule has 4 nitrogen and oxygen atoms in total. The molecule has 0 unspecified atom stereocenters. The topological polar surface area (TPSA) is 45.6 Å². The van der Waals surface area contributed by atoms with Crippen LogP contribution in [0.3, 0.4) is 0 Å². The van der Waals surface area contributed by atoms with Gasteiger partial charge in [0.25, 0.3) is 0 Å². The smallest absolute Gasteiger partial charge is 0.127 e. The molecule has 33 heavy (non-hydrogen) atoms. The SMILES string of the molecule is COc1ccc2ncc(Cl)c([C@@H](F)CCC3(CO)CCN(CCC4CCCCC4)CC3)c2c1. The third-order valence-electron chi connectivity index (χ3n) is 8.14. The lowest BCUT2D eigenvalue weighted by Crippen LogP contribution is -2.42. The van der Waals surface area contributed by atoms with Gasteiger partial charge in [-0.25, -0.2) is 4.39 Å². The van der Waals surface area contributed by atoms with Crippen molar-refractivity contribution >= 4 is 22.5 Å². The second-order valence-electron chi connectivity index (χ2n) is 10.2. The lowest BCUT2D eigenvalue weighted by atomic mass is 9.74. The van der Waals surface area contributed by atoms with E-state index in [-0.39, 0.29) is 12.0 Å². The molecule has 1 aliphatic carbocycles. The fraction of sp³-hybridized carbons (Fsp3) is 0.667. The van der Waals surface area contributed by atoms with Gasteiger partial charge in [-0.3, -0.25) is 4.98 Å². The molecule has 0 radical (unpaired) electrons. The van der Waals surface area contributed by atoms with Crippen molar-refractivity contribution in [2.75, 3.05) is 33.4 Å². The minimum Gasteiger partial charge on any atom is -0.497 e. The first-order valence-corrected chi connectivity index (χ1v) is 13.0. The summed E-state index contributed by atoms with van der Waals surface area (Å²) < 4.78 is 20.9. The molecule has 6 heteroatoms. The fourth-order valence-corrected chi connectivity index (χ4v) is 6.04. The zero-order valence-corrected chi connectivity index (χ0v) is 20.6. The molecule has 2 aromatic rings. The van der Waals surface area contributed by atoms with Crippen LogP contribution in [0, 0.1) is 11.3 Å². The normalized spacial score (nSPS) is 20.7. The average molecular weight is 477 g/mol. The van der Waals surface area contributed by atoms with Crippen molar-refractivity contribution in [2.45, 2.75) is 70.4 Å². The van der Waals surface area contributed by atoms with E-state index in [0.29, 0.717) is 40.1 Å². The van der Waals surface area contributed by atoms with Crippen LogP contribution in [0.4, 0.5) is 4.39 Å². The molecule has 1 N–H and O–H groups in total. The second-order valence-corrected chi connectivity index (χ2v) is 10.6. The minimum absolute atomic E-state index is 0.120. The number of hydrogen-bond donors (Lipinski definition) is 1. The van der Waals surface area contributed by atoms with Crippen LogP contribution in [0.1, 0.15) is 75.9 Å². The van der Waals surface area contributed by atoms with Crippen LogP contribution in [0.25, 0.3) is 10.9 Å². The maximum Gasteiger partial charge on any atom is 0.127 e. The molecule has 4 rings (SSSR count). The average Bonchev–Trinajstić information content (AvgIpc) is 2.87. The first-order chi connectivity index (χ1) is 16.0. The highest BCUT2D eigenvalue weighted by Gasteiger charge is 2.35. The molecule has 1 saturated carbocycles. The molecule has 2 heterocycles. The highest BCUT2D eigenvalue weighted by atomic mass is 35.5. The van der Waals surface area contributed by atoms with Crippen LogP contribution < -0.4 is 4.74 Å². The summed E-state index contributed by atoms with van der Waals surface area (Å²) in [6.07, 6.45) is 11.5. The summed E-state index contributed by atoms with van der Waals surface area (Å²) in [5.41, 5.74) is 0.998. The molecule has 2 fully saturated rings. The molecule has 182 valence electrons. The lowest BCUT2D eigenvalue weighted by molar-refractivity contribution is 0.0281. The number of ether oxygens (including phenoxy) is 1. The van der Waals surface area contributed by atoms with E-state index in [1.807, 2.05) is 18.2 Å². The Bertz CT molecular complexity index is 910. The van der Waals surface area contributed by atoms with Crippen molar-refractivity contribution in [2.24, 2.45) is 11.3 Å². The quantitative estimate of drug-likeness (QED) is 0.435. The summed E-state index contributed by atoms with van der Waals surface area (Å²) >= 11 is 6.40. The highest BCUT2D eigenvalue weighted by Crippen LogP contribution is 2.42. The standard InChI is InChI=1S/C27H38ClFN2O2/c1-33-21-7-8-25-22(17-21)26(23(28)18-30-25)24(29)9-11-27(19-32)12-15-31(16-13-27)14-10-20-5-3-2-4-6-20/h7-8,17-18,20,24,32H,2-6,9-16,19H2,1H3/t24-/m0/s1. The van der Waals surface area contributed by atoms with E-state index in [1.54, 1.807) is 7.11 Å². The van der Waals surface area contributed by atoms with Crippen molar-refractivity contribution in [3.05, 3.63) is 35.0 Å². The molecular formula is C27H38ClFN2O2. The molecule has 0 bridgehead atoms. The predicted octanol–water partition coefficient (Wildman–Crippen LogP) is 6.73. The second kappa shape index (κ2) is 11.3. The number of aliphatic hydroxyl groups excluding tert-OH is 1. The summed E-state index contributed by atoms with van der Waals surface area (Å²) in [7, 11) is 1.60. The molecule has 1 aromatic heterocycles. The molecule has 2 aliphatic rings. The van der Waals surface area contributed by atoms with Gasteiger partial charge in [-0.05, 0) is 81.3 Å². The number of aromatic nitrogens is 1. The van der Waals surface area contributed by atoms with Crippen LogP contribution in [0.15, 0.2) is 24.4 Å². The fourth-order valence-electron chi connectivity index (χ4n) is 5.77. The zero-order valence-electron chi connectivity index (χ0n) is 19.9. The largest absolute Gasteiger partial charge is 0.497 e. The number of fused-ring (bicyclic) bond motifs is 1. The molecule has 1 saturated heterocycles. The molecule has 1 atom stereocenters. The van der Waals surface area contributed by atoms with Gasteiger partial charge in [0, 0.05) is 23.8 Å². The maximum absolute atomic E-state index is 15.6. The van der Waals surface area contributed by atoms with Crippen molar-refractivity contribution in [3.63, 3.8) is 0 Å². The third-order valence-corrected chi connectivity index (χ3v) is 8.44. The van der Waals surface area contributed by atoms with E-state index in [2.05, 4.69) is 9.88 Å². The van der Waals surface area contributed by atoms with Gasteiger partial charge in [0.15, 0.2) is 0 Å². The highest BCUT2D eigenvalue weighted by molar-refractivity contribution is 6.32. The Morgan fingerprint density at radius 1 is 1.24 bits per heavy atom. The maximum atomic E-state index is 15.6. The van der Waals surface area contributed by atoms with Gasteiger partial charge < -0.3 is 14.7 Å². The number of hydrogen-bond acceptors (Lipinski definition) is 4. The van der Waals surface area contributed by atoms with Gasteiger partial charge >= 0.3 is 0 Å². The van der Waals surface area contributed by atoms with E-state index in [9.17, 15) is 5.11 Å². The van der Waals surface area contributed by atoms with Crippen molar-refractivity contribution < 1.29 is 14.2 Å². The number of rotatable bonds is 9. The van der Waals surface area contributed by atoms with E-state index < -0.39 is 6.17 Å². The number of benzene rings is 1. The Kier molecular flexibility index (Phi) is 8.48. The number of halogens is 2. The van der Waals surface area contributed by atoms with Gasteiger partial charge in [-0.2, -0.15) is 0 Å². The van der Waals surface area contributed by atoms with E-state index >= 15 is 4.39 Å². The van der Waals surface area contributed by atoms with E-state index in [0.717, 1.165) is 31.8 Å². The number of aliphatic hydroxyl groups is 1. The lowest BCUT2D eigenvalue weighted by Gasteiger charge is -2.41. The van der Waals surface area contributed by atoms with E-state index in [1.165, 1.54) is 51.3 Å². The van der Waals surface area contributed by atoms with Crippen molar-refractivity contribution in [1.82, 2.24) is 9.88 Å². The van der Waals surface area contributed by atoms with Crippen LogP contribution in [-0.4, -0.2) is 48.3 Å². The van der Waals surface area contributed by atoms with Crippen LogP contribution >= 0.6 is 11.6 Å². The first kappa shape index (κ1) is 24.7. The summed E-state index contributed by atoms with van der Waals surface area (Å²) in [5, 5.41) is 11.3. The summed E-state index contributed by atoms with van der Waals surface area (Å²) in [4.78, 5) is 6.89. The number of likely N-dealkylation sites (tertiary alicyclic amines) is 1. The minimum atomic E-state index is -1.21. The molecule has 1 aromatic carbocycles. The van der Waals surface area contributed by atoms with Crippen LogP contribution in [0.5, 0.6) is 5.75 Å². The number of pyridine rings is 1. The van der Waals surface area contributed by atoms with Crippen molar-refractivity contribution in [1.29, 1.82) is 0 Å². The van der Waals surface area contributed by atoms with Gasteiger partial charge in [-0.15, -0.1) is 0 Å². The summed E-state index contributed by atoms with van der Waals surface area (Å²) in [5.74, 6) is 1.56. The third kappa shape index (κ3) is 5.98. The van der Waals surface area contributed by atoms with E-state index in [4.69, 9.17) is 16.3 Å². The summed E-state index contributed by atoms with van der Waals surface area (Å²) in [6.45, 7) is 3.29. The Morgan fingerprint density at radius 3 is 2.70 bits per heavy atom. The zero-order chi connectivity index (χ0) is 23.3. The van der Waals surface area contributed by atoms with Gasteiger partial charge in [-0.1, -0.05) is 43.7 Å². The number of piperidine rings is 1. The van der Waals surface area contributed by atoms with Crippen LogP contribution in [-0.2, 0) is 0 Å². The molecule has 0 amide bonds. The Morgan fingerprint density at radius 2 is 2.00 bits per heavy atom. The van der Waals surface area contributed by atoms with Gasteiger partial charge in [0.1, 0.15) is 11.9 Å².